The van der Waals surface area contributed by atoms with Crippen molar-refractivity contribution < 1.29 is 14.0 Å². The molecule has 0 unspecified atom stereocenters. The number of hydrogen-bond donors (Lipinski definition) is 2. The SMILES string of the molecule is Cc1ccccc1C(=O)Nc1nnc(CC(=O)N/N=C\c2ccc(Sc3ccc(Cl)cc3)o2)s1. The minimum absolute atomic E-state index is 0.0228. The number of amides is 2. The number of hydrogen-bond acceptors (Lipinski definition) is 8. The van der Waals surface area contributed by atoms with E-state index in [2.05, 4.69) is 26.0 Å². The van der Waals surface area contributed by atoms with Gasteiger partial charge in [-0.3, -0.25) is 14.9 Å². The maximum atomic E-state index is 12.4. The van der Waals surface area contributed by atoms with Crippen LogP contribution in [0.1, 0.15) is 26.7 Å². The summed E-state index contributed by atoms with van der Waals surface area (Å²) in [6.45, 7) is 1.85. The monoisotopic (exact) mass is 511 g/mol. The second kappa shape index (κ2) is 11.1. The van der Waals surface area contributed by atoms with Crippen LogP contribution in [0.5, 0.6) is 0 Å². The van der Waals surface area contributed by atoms with Crippen LogP contribution in [0.4, 0.5) is 5.13 Å². The molecule has 0 aliphatic rings. The Labute approximate surface area is 208 Å². The number of nitrogens with zero attached hydrogens (tertiary/aromatic N) is 3. The van der Waals surface area contributed by atoms with Crippen LogP contribution in [0.2, 0.25) is 5.02 Å². The summed E-state index contributed by atoms with van der Waals surface area (Å²) in [7, 11) is 0. The number of hydrazone groups is 1. The van der Waals surface area contributed by atoms with Crippen molar-refractivity contribution in [1.29, 1.82) is 0 Å². The van der Waals surface area contributed by atoms with E-state index in [1.807, 2.05) is 49.4 Å². The largest absolute Gasteiger partial charge is 0.448 e. The normalized spacial score (nSPS) is 11.0. The van der Waals surface area contributed by atoms with Crippen LogP contribution in [0.15, 0.2) is 80.2 Å². The van der Waals surface area contributed by atoms with E-state index in [1.165, 1.54) is 18.0 Å². The molecule has 0 fully saturated rings. The van der Waals surface area contributed by atoms with Crippen LogP contribution < -0.4 is 10.7 Å². The summed E-state index contributed by atoms with van der Waals surface area (Å²) in [6, 6.07) is 18.2. The molecule has 2 N–H and O–H groups in total. The number of halogens is 1. The van der Waals surface area contributed by atoms with Crippen molar-refractivity contribution in [3.63, 3.8) is 0 Å². The Balaban J connectivity index is 1.25. The van der Waals surface area contributed by atoms with Crippen molar-refractivity contribution in [2.75, 3.05) is 5.32 Å². The zero-order chi connectivity index (χ0) is 23.9. The molecule has 8 nitrogen and oxygen atoms in total. The van der Waals surface area contributed by atoms with Crippen molar-refractivity contribution >= 4 is 57.9 Å². The van der Waals surface area contributed by atoms with E-state index >= 15 is 0 Å². The molecule has 0 atom stereocenters. The van der Waals surface area contributed by atoms with Crippen LogP contribution in [-0.2, 0) is 11.2 Å². The Morgan fingerprint density at radius 3 is 2.71 bits per heavy atom. The molecule has 2 amide bonds. The quantitative estimate of drug-likeness (QED) is 0.249. The predicted octanol–water partition coefficient (Wildman–Crippen LogP) is 5.19. The number of furan rings is 1. The zero-order valence-electron chi connectivity index (χ0n) is 17.8. The molecule has 0 radical (unpaired) electrons. The van der Waals surface area contributed by atoms with Gasteiger partial charge in [-0.15, -0.1) is 10.2 Å². The number of aryl methyl sites for hydroxylation is 1. The molecule has 0 saturated carbocycles. The van der Waals surface area contributed by atoms with Gasteiger partial charge in [-0.25, -0.2) is 5.43 Å². The van der Waals surface area contributed by atoms with Gasteiger partial charge in [0.15, 0.2) is 5.09 Å². The topological polar surface area (TPSA) is 109 Å². The predicted molar refractivity (Wildman–Crippen MR) is 133 cm³/mol. The molecular weight excluding hydrogens is 494 g/mol. The second-order valence-corrected chi connectivity index (χ2v) is 9.53. The van der Waals surface area contributed by atoms with E-state index in [1.54, 1.807) is 18.2 Å². The van der Waals surface area contributed by atoms with Gasteiger partial charge in [0.25, 0.3) is 5.91 Å². The third kappa shape index (κ3) is 6.53. The number of anilines is 1. The van der Waals surface area contributed by atoms with E-state index in [-0.39, 0.29) is 18.2 Å². The Morgan fingerprint density at radius 1 is 1.12 bits per heavy atom. The summed E-state index contributed by atoms with van der Waals surface area (Å²) in [5.41, 5.74) is 3.84. The van der Waals surface area contributed by atoms with Crippen molar-refractivity contribution in [1.82, 2.24) is 15.6 Å². The molecule has 0 saturated heterocycles. The minimum Gasteiger partial charge on any atom is -0.448 e. The molecule has 11 heteroatoms. The first kappa shape index (κ1) is 23.7. The van der Waals surface area contributed by atoms with Crippen LogP contribution in [0.25, 0.3) is 0 Å². The van der Waals surface area contributed by atoms with Crippen LogP contribution in [0.3, 0.4) is 0 Å². The van der Waals surface area contributed by atoms with Gasteiger partial charge in [0.1, 0.15) is 10.8 Å². The first-order chi connectivity index (χ1) is 16.5. The summed E-state index contributed by atoms with van der Waals surface area (Å²) in [5.74, 6) is -0.151. The van der Waals surface area contributed by atoms with E-state index < -0.39 is 0 Å². The molecule has 172 valence electrons. The molecule has 0 spiro atoms. The highest BCUT2D eigenvalue weighted by molar-refractivity contribution is 7.99. The van der Waals surface area contributed by atoms with Gasteiger partial charge in [0.2, 0.25) is 11.0 Å². The lowest BCUT2D eigenvalue weighted by molar-refractivity contribution is -0.120. The molecule has 34 heavy (non-hydrogen) atoms. The fraction of sp³-hybridized carbons (Fsp3) is 0.0870. The number of benzene rings is 2. The zero-order valence-corrected chi connectivity index (χ0v) is 20.2. The lowest BCUT2D eigenvalue weighted by Crippen LogP contribution is -2.19. The summed E-state index contributed by atoms with van der Waals surface area (Å²) >= 11 is 8.47. The average molecular weight is 512 g/mol. The highest BCUT2D eigenvalue weighted by Gasteiger charge is 2.13. The van der Waals surface area contributed by atoms with Gasteiger partial charge in [0.05, 0.1) is 12.6 Å². The molecular formula is C23H18ClN5O3S2. The molecule has 0 aliphatic carbocycles. The average Bonchev–Trinajstić information content (AvgIpc) is 3.45. The van der Waals surface area contributed by atoms with Crippen LogP contribution in [-0.4, -0.2) is 28.2 Å². The Hall–Kier alpha value is -3.47. The minimum atomic E-state index is -0.369. The highest BCUT2D eigenvalue weighted by atomic mass is 35.5. The van der Waals surface area contributed by atoms with Crippen molar-refractivity contribution in [3.05, 3.63) is 87.6 Å². The van der Waals surface area contributed by atoms with Crippen LogP contribution in [0, 0.1) is 6.92 Å². The molecule has 4 rings (SSSR count). The standard InChI is InChI=1S/C23H18ClN5O3S2/c1-14-4-2-3-5-18(14)22(31)26-23-29-28-20(34-23)12-19(30)27-25-13-16-8-11-21(32-16)33-17-9-6-15(24)7-10-17/h2-11,13H,12H2,1H3,(H,27,30)(H,26,29,31)/b25-13-. The second-order valence-electron chi connectivity index (χ2n) is 6.95. The molecule has 0 bridgehead atoms. The summed E-state index contributed by atoms with van der Waals surface area (Å²) in [5, 5.41) is 16.6. The van der Waals surface area contributed by atoms with Gasteiger partial charge in [0, 0.05) is 15.5 Å². The lowest BCUT2D eigenvalue weighted by Gasteiger charge is -2.03. The number of carbonyl (C=O) groups excluding carboxylic acids is 2. The third-order valence-electron chi connectivity index (χ3n) is 4.40. The number of nitrogens with one attached hydrogen (secondary N) is 2. The van der Waals surface area contributed by atoms with Crippen molar-refractivity contribution in [2.24, 2.45) is 5.10 Å². The Morgan fingerprint density at radius 2 is 1.91 bits per heavy atom. The molecule has 0 aliphatic heterocycles. The van der Waals surface area contributed by atoms with Crippen LogP contribution >= 0.6 is 34.7 Å². The van der Waals surface area contributed by atoms with Gasteiger partial charge >= 0.3 is 0 Å². The van der Waals surface area contributed by atoms with Gasteiger partial charge in [-0.05, 0) is 55.0 Å². The maximum absolute atomic E-state index is 12.4. The van der Waals surface area contributed by atoms with E-state index in [0.29, 0.717) is 31.6 Å². The fourth-order valence-corrected chi connectivity index (χ4v) is 4.43. The maximum Gasteiger partial charge on any atom is 0.257 e. The Bertz CT molecular complexity index is 1330. The van der Waals surface area contributed by atoms with Gasteiger partial charge in [-0.2, -0.15) is 5.10 Å². The molecule has 4 aromatic rings. The van der Waals surface area contributed by atoms with Crippen molar-refractivity contribution in [2.45, 2.75) is 23.3 Å². The smallest absolute Gasteiger partial charge is 0.257 e. The molecule has 2 aromatic carbocycles. The number of rotatable bonds is 8. The first-order valence-electron chi connectivity index (χ1n) is 10.0. The van der Waals surface area contributed by atoms with E-state index in [4.69, 9.17) is 16.0 Å². The molecule has 2 aromatic heterocycles. The summed E-state index contributed by atoms with van der Waals surface area (Å²) in [4.78, 5) is 25.5. The number of aromatic nitrogens is 2. The fourth-order valence-electron chi connectivity index (χ4n) is 2.79. The third-order valence-corrected chi connectivity index (χ3v) is 6.42. The van der Waals surface area contributed by atoms with Gasteiger partial charge in [-0.1, -0.05) is 52.9 Å². The van der Waals surface area contributed by atoms with Gasteiger partial charge < -0.3 is 4.42 Å². The van der Waals surface area contributed by atoms with E-state index in [9.17, 15) is 9.59 Å². The lowest BCUT2D eigenvalue weighted by atomic mass is 10.1. The Kier molecular flexibility index (Phi) is 7.73. The molecule has 2 heterocycles. The first-order valence-corrected chi connectivity index (χ1v) is 12.0. The summed E-state index contributed by atoms with van der Waals surface area (Å²) in [6.07, 6.45) is 1.39. The summed E-state index contributed by atoms with van der Waals surface area (Å²) < 4.78 is 5.67. The number of carbonyl (C=O) groups is 2. The highest BCUT2D eigenvalue weighted by Crippen LogP contribution is 2.29. The van der Waals surface area contributed by atoms with Crippen molar-refractivity contribution in [3.8, 4) is 0 Å². The van der Waals surface area contributed by atoms with E-state index in [0.717, 1.165) is 21.8 Å².